The molecule has 2 rings (SSSR count). The molecule has 1 aliphatic heterocycles. The molecule has 1 fully saturated rings. The molecule has 2 N–H and O–H groups in total. The quantitative estimate of drug-likeness (QED) is 0.870. The molecule has 0 aliphatic carbocycles. The molecule has 1 heterocycles. The fourth-order valence-corrected chi connectivity index (χ4v) is 2.95. The number of hydrogen-bond acceptors (Lipinski definition) is 2. The third-order valence-electron chi connectivity index (χ3n) is 4.77. The first-order chi connectivity index (χ1) is 9.05. The minimum atomic E-state index is -0.721. The molecule has 106 valence electrons. The molecule has 1 aliphatic rings. The summed E-state index contributed by atoms with van der Waals surface area (Å²) >= 11 is 0. The van der Waals surface area contributed by atoms with E-state index in [2.05, 4.69) is 43.4 Å². The van der Waals surface area contributed by atoms with E-state index in [0.29, 0.717) is 11.8 Å². The Morgan fingerprint density at radius 2 is 2.05 bits per heavy atom. The molecule has 2 nitrogen and oxygen atoms in total. The van der Waals surface area contributed by atoms with Crippen LogP contribution >= 0.6 is 0 Å². The zero-order chi connectivity index (χ0) is 13.9. The molecule has 1 aromatic rings. The maximum atomic E-state index is 10.9. The summed E-state index contributed by atoms with van der Waals surface area (Å²) in [4.78, 5) is 0. The highest BCUT2D eigenvalue weighted by Gasteiger charge is 2.34. The summed E-state index contributed by atoms with van der Waals surface area (Å²) in [6.07, 6.45) is 3.42. The van der Waals surface area contributed by atoms with Gasteiger partial charge in [0.2, 0.25) is 0 Å². The van der Waals surface area contributed by atoms with Crippen LogP contribution in [0.1, 0.15) is 57.1 Å². The predicted octanol–water partition coefficient (Wildman–Crippen LogP) is 3.41. The Hall–Kier alpha value is -0.860. The molecule has 0 aromatic heterocycles. The van der Waals surface area contributed by atoms with Gasteiger partial charge in [-0.05, 0) is 49.8 Å². The lowest BCUT2D eigenvalue weighted by Gasteiger charge is -2.36. The van der Waals surface area contributed by atoms with E-state index in [1.54, 1.807) is 0 Å². The predicted molar refractivity (Wildman–Crippen MR) is 80.3 cm³/mol. The van der Waals surface area contributed by atoms with Gasteiger partial charge >= 0.3 is 0 Å². The van der Waals surface area contributed by atoms with E-state index in [-0.39, 0.29) is 0 Å². The molecule has 1 saturated heterocycles. The van der Waals surface area contributed by atoms with Gasteiger partial charge in [-0.15, -0.1) is 0 Å². The molecule has 0 spiro atoms. The lowest BCUT2D eigenvalue weighted by atomic mass is 9.78. The van der Waals surface area contributed by atoms with Crippen LogP contribution in [0, 0.1) is 5.92 Å². The molecule has 3 atom stereocenters. The summed E-state index contributed by atoms with van der Waals surface area (Å²) in [5.74, 6) is 0.908. The van der Waals surface area contributed by atoms with Crippen LogP contribution in [0.4, 0.5) is 0 Å². The highest BCUT2D eigenvalue weighted by Crippen LogP contribution is 2.34. The van der Waals surface area contributed by atoms with E-state index >= 15 is 0 Å². The van der Waals surface area contributed by atoms with Gasteiger partial charge in [-0.2, -0.15) is 0 Å². The summed E-state index contributed by atoms with van der Waals surface area (Å²) in [6.45, 7) is 8.42. The molecular weight excluding hydrogens is 234 g/mol. The molecule has 0 bridgehead atoms. The maximum absolute atomic E-state index is 10.9. The van der Waals surface area contributed by atoms with Crippen LogP contribution in [0.2, 0.25) is 0 Å². The van der Waals surface area contributed by atoms with Gasteiger partial charge in [-0.1, -0.05) is 38.1 Å². The van der Waals surface area contributed by atoms with Crippen LogP contribution in [0.25, 0.3) is 0 Å². The van der Waals surface area contributed by atoms with Crippen molar-refractivity contribution < 1.29 is 5.11 Å². The number of nitrogens with one attached hydrogen (secondary N) is 1. The van der Waals surface area contributed by atoms with Gasteiger partial charge in [0.1, 0.15) is 0 Å². The van der Waals surface area contributed by atoms with Crippen LogP contribution in [-0.2, 0) is 5.60 Å². The molecule has 0 saturated carbocycles. The lowest BCUT2D eigenvalue weighted by molar-refractivity contribution is -0.0156. The van der Waals surface area contributed by atoms with Gasteiger partial charge in [0.25, 0.3) is 0 Å². The minimum absolute atomic E-state index is 0.315. The highest BCUT2D eigenvalue weighted by molar-refractivity contribution is 5.29. The number of benzene rings is 1. The Bertz CT molecular complexity index is 390. The van der Waals surface area contributed by atoms with Crippen molar-refractivity contribution in [3.63, 3.8) is 0 Å². The van der Waals surface area contributed by atoms with Crippen molar-refractivity contribution in [2.75, 3.05) is 13.1 Å². The van der Waals surface area contributed by atoms with Crippen LogP contribution < -0.4 is 5.32 Å². The topological polar surface area (TPSA) is 32.3 Å². The minimum Gasteiger partial charge on any atom is -0.385 e. The fraction of sp³-hybridized carbons (Fsp3) is 0.647. The molecule has 19 heavy (non-hydrogen) atoms. The summed E-state index contributed by atoms with van der Waals surface area (Å²) in [5.41, 5.74) is 1.69. The first-order valence-corrected chi connectivity index (χ1v) is 7.59. The average Bonchev–Trinajstić information content (AvgIpc) is 2.47. The van der Waals surface area contributed by atoms with Gasteiger partial charge in [0.05, 0.1) is 5.60 Å². The Morgan fingerprint density at radius 1 is 1.37 bits per heavy atom. The Labute approximate surface area is 117 Å². The first-order valence-electron chi connectivity index (χ1n) is 7.59. The smallest absolute Gasteiger partial charge is 0.0908 e. The number of hydrogen-bond donors (Lipinski definition) is 2. The lowest BCUT2D eigenvalue weighted by Crippen LogP contribution is -2.42. The molecule has 2 heteroatoms. The van der Waals surface area contributed by atoms with Crippen LogP contribution in [0.5, 0.6) is 0 Å². The van der Waals surface area contributed by atoms with Crippen LogP contribution in [-0.4, -0.2) is 18.2 Å². The van der Waals surface area contributed by atoms with Crippen LogP contribution in [0.3, 0.4) is 0 Å². The van der Waals surface area contributed by atoms with E-state index < -0.39 is 5.60 Å². The van der Waals surface area contributed by atoms with E-state index in [0.717, 1.165) is 37.9 Å². The number of rotatable bonds is 4. The van der Waals surface area contributed by atoms with E-state index in [9.17, 15) is 5.11 Å². The van der Waals surface area contributed by atoms with Gasteiger partial charge in [-0.3, -0.25) is 0 Å². The van der Waals surface area contributed by atoms with Crippen molar-refractivity contribution in [1.82, 2.24) is 5.32 Å². The van der Waals surface area contributed by atoms with Crippen molar-refractivity contribution in [3.8, 4) is 0 Å². The monoisotopic (exact) mass is 261 g/mol. The molecule has 0 amide bonds. The highest BCUT2D eigenvalue weighted by atomic mass is 16.3. The van der Waals surface area contributed by atoms with Gasteiger partial charge < -0.3 is 10.4 Å². The second kappa shape index (κ2) is 6.06. The third-order valence-corrected chi connectivity index (χ3v) is 4.77. The summed E-state index contributed by atoms with van der Waals surface area (Å²) < 4.78 is 0. The van der Waals surface area contributed by atoms with Crippen molar-refractivity contribution >= 4 is 0 Å². The SMILES string of the molecule is CCC(C)c1ccc(C(C)(O)C2CCCNC2)cc1. The van der Waals surface area contributed by atoms with Gasteiger partial charge in [-0.25, -0.2) is 0 Å². The standard InChI is InChI=1S/C17H27NO/c1-4-13(2)14-7-9-15(10-8-14)17(3,19)16-6-5-11-18-12-16/h7-10,13,16,18-19H,4-6,11-12H2,1-3H3. The van der Waals surface area contributed by atoms with E-state index in [1.807, 2.05) is 6.92 Å². The van der Waals surface area contributed by atoms with Crippen molar-refractivity contribution in [1.29, 1.82) is 0 Å². The van der Waals surface area contributed by atoms with Gasteiger partial charge in [0.15, 0.2) is 0 Å². The summed E-state index contributed by atoms with van der Waals surface area (Å²) in [5, 5.41) is 14.2. The first kappa shape index (κ1) is 14.5. The third kappa shape index (κ3) is 3.18. The summed E-state index contributed by atoms with van der Waals surface area (Å²) in [6, 6.07) is 8.56. The van der Waals surface area contributed by atoms with E-state index in [4.69, 9.17) is 0 Å². The zero-order valence-corrected chi connectivity index (χ0v) is 12.4. The number of aliphatic hydroxyl groups is 1. The molecule has 0 radical (unpaired) electrons. The normalized spacial score (nSPS) is 24.7. The van der Waals surface area contributed by atoms with Gasteiger partial charge in [0, 0.05) is 12.5 Å². The second-order valence-corrected chi connectivity index (χ2v) is 6.12. The van der Waals surface area contributed by atoms with E-state index in [1.165, 1.54) is 5.56 Å². The Balaban J connectivity index is 2.15. The largest absolute Gasteiger partial charge is 0.385 e. The molecular formula is C17H27NO. The number of piperidine rings is 1. The van der Waals surface area contributed by atoms with Crippen molar-refractivity contribution in [2.45, 2.75) is 51.6 Å². The Kier molecular flexibility index (Phi) is 4.64. The van der Waals surface area contributed by atoms with Crippen LogP contribution in [0.15, 0.2) is 24.3 Å². The Morgan fingerprint density at radius 3 is 2.58 bits per heavy atom. The average molecular weight is 261 g/mol. The molecule has 3 unspecified atom stereocenters. The zero-order valence-electron chi connectivity index (χ0n) is 12.4. The van der Waals surface area contributed by atoms with Crippen molar-refractivity contribution in [3.05, 3.63) is 35.4 Å². The second-order valence-electron chi connectivity index (χ2n) is 6.12. The maximum Gasteiger partial charge on any atom is 0.0908 e. The summed E-state index contributed by atoms with van der Waals surface area (Å²) in [7, 11) is 0. The molecule has 1 aromatic carbocycles. The fourth-order valence-electron chi connectivity index (χ4n) is 2.95. The van der Waals surface area contributed by atoms with Crippen molar-refractivity contribution in [2.24, 2.45) is 5.92 Å².